The molecule has 104 valence electrons. The van der Waals surface area contributed by atoms with E-state index in [1.807, 2.05) is 12.1 Å². The van der Waals surface area contributed by atoms with Crippen LogP contribution >= 0.6 is 0 Å². The first-order valence-corrected chi connectivity index (χ1v) is 7.08. The highest BCUT2D eigenvalue weighted by Crippen LogP contribution is 2.47. The number of nitrogens with one attached hydrogen (secondary N) is 1. The van der Waals surface area contributed by atoms with Gasteiger partial charge in [0.2, 0.25) is 0 Å². The summed E-state index contributed by atoms with van der Waals surface area (Å²) < 4.78 is 19.0. The van der Waals surface area contributed by atoms with Crippen molar-refractivity contribution in [2.45, 2.75) is 43.7 Å². The lowest BCUT2D eigenvalue weighted by Gasteiger charge is -2.48. The molecule has 2 fully saturated rings. The van der Waals surface area contributed by atoms with Crippen LogP contribution in [0.1, 0.15) is 43.7 Å². The topological polar surface area (TPSA) is 47.3 Å². The van der Waals surface area contributed by atoms with E-state index in [0.717, 1.165) is 25.0 Å². The van der Waals surface area contributed by atoms with Crippen molar-refractivity contribution in [3.63, 3.8) is 0 Å². The van der Waals surface area contributed by atoms with Gasteiger partial charge in [-0.3, -0.25) is 11.3 Å². The van der Waals surface area contributed by atoms with Gasteiger partial charge in [-0.2, -0.15) is 0 Å². The fraction of sp³-hybridized carbons (Fsp3) is 0.600. The van der Waals surface area contributed by atoms with Gasteiger partial charge >= 0.3 is 0 Å². The number of rotatable bonds is 3. The molecule has 4 heteroatoms. The molecule has 1 aliphatic heterocycles. The molecule has 0 aromatic heterocycles. The zero-order valence-corrected chi connectivity index (χ0v) is 11.1. The molecule has 1 aromatic rings. The fourth-order valence-electron chi connectivity index (χ4n) is 3.44. The first-order valence-electron chi connectivity index (χ1n) is 7.08. The number of ether oxygens (including phenoxy) is 1. The van der Waals surface area contributed by atoms with Crippen LogP contribution in [-0.2, 0) is 4.74 Å². The number of nitrogens with two attached hydrogens (primary N) is 1. The van der Waals surface area contributed by atoms with Crippen LogP contribution in [0.2, 0.25) is 0 Å². The van der Waals surface area contributed by atoms with Gasteiger partial charge in [0.15, 0.2) is 0 Å². The van der Waals surface area contributed by atoms with Crippen LogP contribution in [0, 0.1) is 11.7 Å². The predicted octanol–water partition coefficient (Wildman–Crippen LogP) is 2.68. The lowest BCUT2D eigenvalue weighted by atomic mass is 9.70. The van der Waals surface area contributed by atoms with E-state index in [9.17, 15) is 4.39 Å². The van der Waals surface area contributed by atoms with Gasteiger partial charge in [-0.15, -0.1) is 0 Å². The molecule has 0 bridgehead atoms. The lowest BCUT2D eigenvalue weighted by molar-refractivity contribution is -0.147. The van der Waals surface area contributed by atoms with Crippen LogP contribution in [0.25, 0.3) is 0 Å². The van der Waals surface area contributed by atoms with Crippen molar-refractivity contribution in [2.24, 2.45) is 11.8 Å². The fourth-order valence-corrected chi connectivity index (χ4v) is 3.44. The Kier molecular flexibility index (Phi) is 3.56. The molecule has 2 aliphatic rings. The van der Waals surface area contributed by atoms with Gasteiger partial charge in [0.1, 0.15) is 5.82 Å². The third kappa shape index (κ3) is 2.53. The first kappa shape index (κ1) is 13.0. The Hall–Kier alpha value is -0.970. The average Bonchev–Trinajstić information content (AvgIpc) is 2.40. The maximum Gasteiger partial charge on any atom is 0.123 e. The molecule has 0 radical (unpaired) electrons. The van der Waals surface area contributed by atoms with Gasteiger partial charge in [0, 0.05) is 12.6 Å². The van der Waals surface area contributed by atoms with E-state index in [1.54, 1.807) is 0 Å². The number of hydrazine groups is 1. The molecule has 2 unspecified atom stereocenters. The van der Waals surface area contributed by atoms with Crippen molar-refractivity contribution < 1.29 is 9.13 Å². The van der Waals surface area contributed by atoms with Crippen LogP contribution in [0.4, 0.5) is 4.39 Å². The zero-order chi connectivity index (χ0) is 13.3. The summed E-state index contributed by atoms with van der Waals surface area (Å²) in [6, 6.07) is 6.73. The average molecular weight is 264 g/mol. The highest BCUT2D eigenvalue weighted by molar-refractivity contribution is 5.21. The molecule has 1 aromatic carbocycles. The Morgan fingerprint density at radius 3 is 2.63 bits per heavy atom. The van der Waals surface area contributed by atoms with Crippen LogP contribution in [0.5, 0.6) is 0 Å². The summed E-state index contributed by atoms with van der Waals surface area (Å²) in [7, 11) is 0. The number of benzene rings is 1. The molecule has 1 spiro atoms. The molecule has 1 aliphatic carbocycles. The second kappa shape index (κ2) is 5.19. The molecule has 19 heavy (non-hydrogen) atoms. The van der Waals surface area contributed by atoms with Crippen molar-refractivity contribution in [3.8, 4) is 0 Å². The van der Waals surface area contributed by atoms with Crippen molar-refractivity contribution in [3.05, 3.63) is 35.6 Å². The quantitative estimate of drug-likeness (QED) is 0.652. The Labute approximate surface area is 113 Å². The maximum atomic E-state index is 13.0. The molecule has 2 atom stereocenters. The van der Waals surface area contributed by atoms with E-state index >= 15 is 0 Å². The Bertz CT molecular complexity index is 430. The largest absolute Gasteiger partial charge is 0.375 e. The number of halogens is 1. The van der Waals surface area contributed by atoms with E-state index in [0.29, 0.717) is 5.92 Å². The van der Waals surface area contributed by atoms with Crippen molar-refractivity contribution >= 4 is 0 Å². The van der Waals surface area contributed by atoms with Crippen LogP contribution < -0.4 is 11.3 Å². The minimum absolute atomic E-state index is 0.0852. The summed E-state index contributed by atoms with van der Waals surface area (Å²) in [5.74, 6) is 5.99. The molecule has 0 amide bonds. The SMILES string of the molecule is NNC(c1ccc(F)cc1)C1CCOC2(CCC2)C1. The van der Waals surface area contributed by atoms with E-state index in [2.05, 4.69) is 5.43 Å². The van der Waals surface area contributed by atoms with Gasteiger partial charge in [-0.05, 0) is 55.7 Å². The monoisotopic (exact) mass is 264 g/mol. The molecule has 1 saturated carbocycles. The minimum atomic E-state index is -0.207. The van der Waals surface area contributed by atoms with Crippen LogP contribution in [-0.4, -0.2) is 12.2 Å². The van der Waals surface area contributed by atoms with Gasteiger partial charge in [-0.25, -0.2) is 4.39 Å². The smallest absolute Gasteiger partial charge is 0.123 e. The minimum Gasteiger partial charge on any atom is -0.375 e. The number of hydrogen-bond donors (Lipinski definition) is 2. The van der Waals surface area contributed by atoms with E-state index in [4.69, 9.17) is 10.6 Å². The lowest BCUT2D eigenvalue weighted by Crippen LogP contribution is -2.48. The highest BCUT2D eigenvalue weighted by atomic mass is 19.1. The Balaban J connectivity index is 1.76. The standard InChI is InChI=1S/C15H21FN2O/c16-13-4-2-11(3-5-13)14(18-17)12-6-9-19-15(10-12)7-1-8-15/h2-5,12,14,18H,1,6-10,17H2. The predicted molar refractivity (Wildman–Crippen MR) is 71.7 cm³/mol. The van der Waals surface area contributed by atoms with Gasteiger partial charge in [0.05, 0.1) is 5.60 Å². The molecular formula is C15H21FN2O. The summed E-state index contributed by atoms with van der Waals surface area (Å²) in [4.78, 5) is 0. The molecule has 3 N–H and O–H groups in total. The summed E-state index contributed by atoms with van der Waals surface area (Å²) in [5.41, 5.74) is 4.09. The third-order valence-electron chi connectivity index (χ3n) is 4.68. The second-order valence-corrected chi connectivity index (χ2v) is 5.83. The molecule has 3 rings (SSSR count). The van der Waals surface area contributed by atoms with Crippen molar-refractivity contribution in [1.29, 1.82) is 0 Å². The van der Waals surface area contributed by atoms with Crippen LogP contribution in [0.15, 0.2) is 24.3 Å². The normalized spacial score (nSPS) is 26.9. The van der Waals surface area contributed by atoms with Crippen molar-refractivity contribution in [2.75, 3.05) is 6.61 Å². The van der Waals surface area contributed by atoms with Gasteiger partial charge in [0.25, 0.3) is 0 Å². The third-order valence-corrected chi connectivity index (χ3v) is 4.68. The second-order valence-electron chi connectivity index (χ2n) is 5.83. The first-order chi connectivity index (χ1) is 9.22. The van der Waals surface area contributed by atoms with E-state index < -0.39 is 0 Å². The summed E-state index contributed by atoms with van der Waals surface area (Å²) in [6.07, 6.45) is 5.67. The number of hydrogen-bond acceptors (Lipinski definition) is 3. The van der Waals surface area contributed by atoms with E-state index in [1.165, 1.54) is 31.4 Å². The van der Waals surface area contributed by atoms with Crippen molar-refractivity contribution in [1.82, 2.24) is 5.43 Å². The summed E-state index contributed by atoms with van der Waals surface area (Å²) in [6.45, 7) is 0.810. The van der Waals surface area contributed by atoms with E-state index in [-0.39, 0.29) is 17.5 Å². The maximum absolute atomic E-state index is 13.0. The summed E-state index contributed by atoms with van der Waals surface area (Å²) in [5, 5.41) is 0. The zero-order valence-electron chi connectivity index (χ0n) is 11.1. The Morgan fingerprint density at radius 2 is 2.05 bits per heavy atom. The molecule has 1 saturated heterocycles. The molecular weight excluding hydrogens is 243 g/mol. The van der Waals surface area contributed by atoms with Crippen LogP contribution in [0.3, 0.4) is 0 Å². The van der Waals surface area contributed by atoms with Gasteiger partial charge in [-0.1, -0.05) is 12.1 Å². The molecule has 3 nitrogen and oxygen atoms in total. The summed E-state index contributed by atoms with van der Waals surface area (Å²) >= 11 is 0. The highest BCUT2D eigenvalue weighted by Gasteiger charge is 2.44. The van der Waals surface area contributed by atoms with Gasteiger partial charge < -0.3 is 4.74 Å². The molecule has 1 heterocycles. The Morgan fingerprint density at radius 1 is 1.32 bits per heavy atom.